The average molecular weight is 977 g/mol. The second kappa shape index (κ2) is 52.1. The van der Waals surface area contributed by atoms with Crippen molar-refractivity contribution in [3.8, 4) is 0 Å². The highest BCUT2D eigenvalue weighted by Gasteiger charge is 2.22. The second-order valence-corrected chi connectivity index (χ2v) is 21.3. The van der Waals surface area contributed by atoms with Crippen LogP contribution in [-0.2, 0) is 33.3 Å². The van der Waals surface area contributed by atoms with Crippen molar-refractivity contribution in [1.82, 2.24) is 0 Å². The lowest BCUT2D eigenvalue weighted by molar-refractivity contribution is -0.870. The number of carbonyl (C=O) groups excluding carboxylic acids is 3. The Morgan fingerprint density at radius 1 is 0.420 bits per heavy atom. The van der Waals surface area contributed by atoms with E-state index in [1.165, 1.54) is 218 Å². The maximum atomic E-state index is 12.9. The average Bonchev–Trinajstić information content (AvgIpc) is 3.31. The lowest BCUT2D eigenvalue weighted by atomic mass is 10.0. The number of esters is 2. The van der Waals surface area contributed by atoms with Gasteiger partial charge in [-0.05, 0) is 64.2 Å². The van der Waals surface area contributed by atoms with Crippen molar-refractivity contribution in [3.05, 3.63) is 24.3 Å². The number of quaternary nitrogens is 1. The molecule has 0 amide bonds. The summed E-state index contributed by atoms with van der Waals surface area (Å²) >= 11 is 0. The molecule has 0 heterocycles. The topological polar surface area (TPSA) is 111 Å². The first-order valence-corrected chi connectivity index (χ1v) is 29.5. The van der Waals surface area contributed by atoms with Crippen molar-refractivity contribution in [2.75, 3.05) is 47.5 Å². The quantitative estimate of drug-likeness (QED) is 0.0195. The standard InChI is InChI=1S/C60H113NO8/c1-6-8-10-12-14-16-18-20-22-24-26-27-28-29-30-31-33-35-37-39-41-43-45-47-49-51-58(63)69-56(55-68-60(59(64)65)66-53-52-61(3,4)5)54-67-57(62)50-48-46-44-42-40-38-36-34-32-25-23-21-19-17-15-13-11-9-7-2/h21,23-24,26,56,60H,6-20,22,25,27-55H2,1-5H3/b23-21-,26-24-. The predicted molar refractivity (Wildman–Crippen MR) is 288 cm³/mol. The molecule has 0 aliphatic carbocycles. The van der Waals surface area contributed by atoms with E-state index in [1.807, 2.05) is 21.1 Å². The SMILES string of the molecule is CCCCCCCC/C=C\CCCCCCCCCCCC(=O)OCC(COC(OCC[N+](C)(C)C)C(=O)[O-])OC(=O)CCCCCCCCCCCCCCC/C=C\CCCCCCCCCC. The Hall–Kier alpha value is -2.23. The van der Waals surface area contributed by atoms with Gasteiger partial charge in [-0.1, -0.05) is 231 Å². The van der Waals surface area contributed by atoms with Gasteiger partial charge in [-0.2, -0.15) is 0 Å². The first kappa shape index (κ1) is 66.8. The molecule has 2 atom stereocenters. The molecule has 0 aromatic rings. The summed E-state index contributed by atoms with van der Waals surface area (Å²) in [5, 5.41) is 11.8. The summed E-state index contributed by atoms with van der Waals surface area (Å²) in [6.45, 7) is 4.78. The maximum absolute atomic E-state index is 12.9. The fourth-order valence-electron chi connectivity index (χ4n) is 8.59. The van der Waals surface area contributed by atoms with Gasteiger partial charge >= 0.3 is 11.9 Å². The lowest BCUT2D eigenvalue weighted by Crippen LogP contribution is -2.44. The Bertz CT molecular complexity index is 1180. The van der Waals surface area contributed by atoms with Crippen LogP contribution in [0.4, 0.5) is 0 Å². The van der Waals surface area contributed by atoms with Crippen LogP contribution < -0.4 is 5.11 Å². The van der Waals surface area contributed by atoms with Crippen molar-refractivity contribution in [2.45, 2.75) is 296 Å². The van der Waals surface area contributed by atoms with Gasteiger partial charge in [0.15, 0.2) is 12.4 Å². The number of aliphatic carboxylic acids is 1. The Morgan fingerprint density at radius 3 is 1.07 bits per heavy atom. The number of hydrogen-bond donors (Lipinski definition) is 0. The Kier molecular flexibility index (Phi) is 50.4. The van der Waals surface area contributed by atoms with Crippen LogP contribution in [0.1, 0.15) is 284 Å². The third-order valence-electron chi connectivity index (χ3n) is 13.2. The molecule has 9 nitrogen and oxygen atoms in total. The zero-order valence-electron chi connectivity index (χ0n) is 46.2. The van der Waals surface area contributed by atoms with Crippen LogP contribution >= 0.6 is 0 Å². The smallest absolute Gasteiger partial charge is 0.306 e. The van der Waals surface area contributed by atoms with Crippen LogP contribution in [0, 0.1) is 0 Å². The van der Waals surface area contributed by atoms with E-state index < -0.39 is 24.3 Å². The van der Waals surface area contributed by atoms with E-state index in [0.717, 1.165) is 32.1 Å². The highest BCUT2D eigenvalue weighted by atomic mass is 16.7. The normalized spacial score (nSPS) is 12.9. The molecule has 0 saturated carbocycles. The predicted octanol–water partition coefficient (Wildman–Crippen LogP) is 15.8. The molecule has 0 N–H and O–H groups in total. The van der Waals surface area contributed by atoms with Crippen molar-refractivity contribution in [1.29, 1.82) is 0 Å². The van der Waals surface area contributed by atoms with Crippen LogP contribution in [0.3, 0.4) is 0 Å². The first-order valence-electron chi connectivity index (χ1n) is 29.5. The van der Waals surface area contributed by atoms with Gasteiger partial charge in [0, 0.05) is 12.8 Å². The molecule has 0 aromatic carbocycles. The summed E-state index contributed by atoms with van der Waals surface area (Å²) < 4.78 is 22.7. The molecule has 0 aliphatic rings. The Labute approximate surface area is 427 Å². The fourth-order valence-corrected chi connectivity index (χ4v) is 8.59. The largest absolute Gasteiger partial charge is 0.545 e. The molecule has 0 aliphatic heterocycles. The van der Waals surface area contributed by atoms with Crippen molar-refractivity contribution >= 4 is 17.9 Å². The molecule has 9 heteroatoms. The summed E-state index contributed by atoms with van der Waals surface area (Å²) in [6.07, 6.45) is 57.9. The van der Waals surface area contributed by atoms with Gasteiger partial charge in [-0.3, -0.25) is 9.59 Å². The third kappa shape index (κ3) is 53.4. The highest BCUT2D eigenvalue weighted by Crippen LogP contribution is 2.17. The number of ether oxygens (including phenoxy) is 4. The Morgan fingerprint density at radius 2 is 0.739 bits per heavy atom. The van der Waals surface area contributed by atoms with Gasteiger partial charge in [-0.25, -0.2) is 0 Å². The summed E-state index contributed by atoms with van der Waals surface area (Å²) in [5.41, 5.74) is 0. The number of carbonyl (C=O) groups is 3. The molecule has 0 saturated heterocycles. The van der Waals surface area contributed by atoms with E-state index in [-0.39, 0.29) is 32.2 Å². The third-order valence-corrected chi connectivity index (χ3v) is 13.2. The number of hydrogen-bond acceptors (Lipinski definition) is 8. The van der Waals surface area contributed by atoms with Crippen molar-refractivity contribution < 1.29 is 42.9 Å². The molecule has 69 heavy (non-hydrogen) atoms. The molecular weight excluding hydrogens is 863 g/mol. The molecule has 2 unspecified atom stereocenters. The van der Waals surface area contributed by atoms with Crippen LogP contribution in [0.5, 0.6) is 0 Å². The van der Waals surface area contributed by atoms with Gasteiger partial charge in [0.1, 0.15) is 13.2 Å². The number of likely N-dealkylation sites (N-methyl/N-ethyl adjacent to an activating group) is 1. The number of carboxylic acid groups (broad SMARTS) is 1. The van der Waals surface area contributed by atoms with Gasteiger partial charge < -0.3 is 33.3 Å². The van der Waals surface area contributed by atoms with E-state index in [0.29, 0.717) is 23.9 Å². The van der Waals surface area contributed by atoms with E-state index in [9.17, 15) is 19.5 Å². The zero-order chi connectivity index (χ0) is 50.6. The first-order chi connectivity index (χ1) is 33.6. The fraction of sp³-hybridized carbons (Fsp3) is 0.883. The number of nitrogens with zero attached hydrogens (tertiary/aromatic N) is 1. The van der Waals surface area contributed by atoms with Gasteiger partial charge in [-0.15, -0.1) is 0 Å². The lowest BCUT2D eigenvalue weighted by Gasteiger charge is -2.26. The summed E-state index contributed by atoms with van der Waals surface area (Å²) in [5.74, 6) is -2.27. The monoisotopic (exact) mass is 976 g/mol. The summed E-state index contributed by atoms with van der Waals surface area (Å²) in [4.78, 5) is 37.3. The number of unbranched alkanes of at least 4 members (excludes halogenated alkanes) is 36. The number of rotatable bonds is 55. The van der Waals surface area contributed by atoms with Crippen molar-refractivity contribution in [2.24, 2.45) is 0 Å². The van der Waals surface area contributed by atoms with Gasteiger partial charge in [0.2, 0.25) is 0 Å². The minimum Gasteiger partial charge on any atom is -0.545 e. The summed E-state index contributed by atoms with van der Waals surface area (Å²) in [6, 6.07) is 0. The zero-order valence-corrected chi connectivity index (χ0v) is 46.2. The molecular formula is C60H113NO8. The van der Waals surface area contributed by atoms with E-state index in [2.05, 4.69) is 38.2 Å². The molecule has 0 spiro atoms. The second-order valence-electron chi connectivity index (χ2n) is 21.3. The molecule has 0 fully saturated rings. The number of allylic oxidation sites excluding steroid dienone is 4. The molecule has 0 rings (SSSR count). The van der Waals surface area contributed by atoms with Crippen LogP contribution in [0.25, 0.3) is 0 Å². The molecule has 0 aromatic heterocycles. The Balaban J connectivity index is 4.20. The highest BCUT2D eigenvalue weighted by molar-refractivity contribution is 5.70. The minimum absolute atomic E-state index is 0.150. The summed E-state index contributed by atoms with van der Waals surface area (Å²) in [7, 11) is 5.93. The molecule has 406 valence electrons. The maximum Gasteiger partial charge on any atom is 0.306 e. The van der Waals surface area contributed by atoms with Gasteiger partial charge in [0.25, 0.3) is 0 Å². The number of carboxylic acids is 1. The van der Waals surface area contributed by atoms with E-state index >= 15 is 0 Å². The molecule has 0 bridgehead atoms. The van der Waals surface area contributed by atoms with E-state index in [4.69, 9.17) is 18.9 Å². The van der Waals surface area contributed by atoms with Crippen LogP contribution in [-0.4, -0.2) is 82.3 Å². The van der Waals surface area contributed by atoms with Crippen molar-refractivity contribution in [3.63, 3.8) is 0 Å². The van der Waals surface area contributed by atoms with E-state index in [1.54, 1.807) is 0 Å². The van der Waals surface area contributed by atoms with Gasteiger partial charge in [0.05, 0.1) is 40.3 Å². The minimum atomic E-state index is -1.62. The van der Waals surface area contributed by atoms with Crippen LogP contribution in [0.2, 0.25) is 0 Å². The van der Waals surface area contributed by atoms with Crippen LogP contribution in [0.15, 0.2) is 24.3 Å². The molecule has 0 radical (unpaired) electrons.